The minimum atomic E-state index is -1.57. The van der Waals surface area contributed by atoms with E-state index in [1.807, 2.05) is 35.2 Å². The van der Waals surface area contributed by atoms with Crippen molar-refractivity contribution in [2.24, 2.45) is 0 Å². The van der Waals surface area contributed by atoms with Gasteiger partial charge in [-0.2, -0.15) is 5.26 Å². The number of hydrogen-bond donors (Lipinski definition) is 0. The first-order valence-electron chi connectivity index (χ1n) is 10.1. The monoisotopic (exact) mass is 430 g/mol. The lowest BCUT2D eigenvalue weighted by Crippen LogP contribution is -2.51. The number of esters is 2. The third kappa shape index (κ3) is 4.32. The number of morpholine rings is 1. The lowest BCUT2D eigenvalue weighted by Gasteiger charge is -2.41. The summed E-state index contributed by atoms with van der Waals surface area (Å²) in [7, 11) is 0. The van der Waals surface area contributed by atoms with Gasteiger partial charge < -0.3 is 19.1 Å². The van der Waals surface area contributed by atoms with E-state index < -0.39 is 22.6 Å². The van der Waals surface area contributed by atoms with Crippen LogP contribution in [0.2, 0.25) is 0 Å². The van der Waals surface area contributed by atoms with Gasteiger partial charge in [-0.3, -0.25) is 0 Å². The Labute approximate surface area is 181 Å². The summed E-state index contributed by atoms with van der Waals surface area (Å²) in [6, 6.07) is 11.8. The topological polar surface area (TPSA) is 88.9 Å². The Kier molecular flexibility index (Phi) is 7.40. The number of benzene rings is 1. The van der Waals surface area contributed by atoms with Crippen LogP contribution in [0.5, 0.6) is 0 Å². The first kappa shape index (κ1) is 22.2. The molecule has 0 amide bonds. The molecule has 160 valence electrons. The summed E-state index contributed by atoms with van der Waals surface area (Å²) < 4.78 is 14.5. The van der Waals surface area contributed by atoms with E-state index >= 15 is 0 Å². The second-order valence-electron chi connectivity index (χ2n) is 6.97. The SMILES string of the molecule is CCOC(=O)C1(C(=O)OCC)CC(c2ccccc2)C(C#N)=C(N2CCOCC2)S1. The molecule has 0 saturated carbocycles. The summed E-state index contributed by atoms with van der Waals surface area (Å²) in [5, 5.41) is 10.7. The fraction of sp³-hybridized carbons (Fsp3) is 0.500. The molecule has 1 aromatic carbocycles. The third-order valence-corrected chi connectivity index (χ3v) is 6.69. The fourth-order valence-electron chi connectivity index (χ4n) is 3.73. The van der Waals surface area contributed by atoms with Crippen molar-refractivity contribution < 1.29 is 23.8 Å². The number of ether oxygens (including phenoxy) is 3. The van der Waals surface area contributed by atoms with E-state index in [0.29, 0.717) is 36.9 Å². The van der Waals surface area contributed by atoms with E-state index in [4.69, 9.17) is 14.2 Å². The molecule has 0 spiro atoms. The van der Waals surface area contributed by atoms with Crippen molar-refractivity contribution >= 4 is 23.7 Å². The van der Waals surface area contributed by atoms with Crippen LogP contribution in [-0.4, -0.2) is 61.1 Å². The number of nitriles is 1. The van der Waals surface area contributed by atoms with Gasteiger partial charge in [0.25, 0.3) is 0 Å². The predicted octanol–water partition coefficient (Wildman–Crippen LogP) is 2.84. The Balaban J connectivity index is 2.16. The van der Waals surface area contributed by atoms with E-state index in [9.17, 15) is 14.9 Å². The normalized spacial score (nSPS) is 21.0. The summed E-state index contributed by atoms with van der Waals surface area (Å²) in [4.78, 5) is 28.3. The van der Waals surface area contributed by atoms with Gasteiger partial charge in [0.1, 0.15) is 0 Å². The minimum absolute atomic E-state index is 0.107. The van der Waals surface area contributed by atoms with Gasteiger partial charge in [-0.05, 0) is 25.8 Å². The third-order valence-electron chi connectivity index (χ3n) is 5.17. The van der Waals surface area contributed by atoms with Crippen LogP contribution < -0.4 is 0 Å². The molecule has 2 heterocycles. The highest BCUT2D eigenvalue weighted by Gasteiger charge is 2.56. The quantitative estimate of drug-likeness (QED) is 0.503. The van der Waals surface area contributed by atoms with Gasteiger partial charge in [0.05, 0.1) is 43.1 Å². The molecule has 2 aliphatic heterocycles. The fourth-order valence-corrected chi connectivity index (χ4v) is 5.20. The lowest BCUT2D eigenvalue weighted by molar-refractivity contribution is -0.159. The lowest BCUT2D eigenvalue weighted by atomic mass is 9.82. The van der Waals surface area contributed by atoms with Crippen molar-refractivity contribution in [1.29, 1.82) is 5.26 Å². The van der Waals surface area contributed by atoms with Crippen LogP contribution in [0.4, 0.5) is 0 Å². The van der Waals surface area contributed by atoms with Crippen LogP contribution in [0.3, 0.4) is 0 Å². The Hall–Kier alpha value is -2.50. The molecule has 1 unspecified atom stereocenters. The van der Waals surface area contributed by atoms with Crippen LogP contribution in [0.25, 0.3) is 0 Å². The van der Waals surface area contributed by atoms with E-state index in [2.05, 4.69) is 6.07 Å². The molecule has 7 nitrogen and oxygen atoms in total. The zero-order valence-corrected chi connectivity index (χ0v) is 18.1. The average Bonchev–Trinajstić information content (AvgIpc) is 2.79. The molecule has 0 radical (unpaired) electrons. The molecule has 0 aliphatic carbocycles. The van der Waals surface area contributed by atoms with Crippen molar-refractivity contribution in [3.05, 3.63) is 46.5 Å². The van der Waals surface area contributed by atoms with Crippen LogP contribution in [0.1, 0.15) is 31.7 Å². The maximum Gasteiger partial charge on any atom is 0.334 e. The maximum atomic E-state index is 13.1. The minimum Gasteiger partial charge on any atom is -0.465 e. The van der Waals surface area contributed by atoms with Gasteiger partial charge in [-0.25, -0.2) is 9.59 Å². The maximum absolute atomic E-state index is 13.1. The molecule has 30 heavy (non-hydrogen) atoms. The summed E-state index contributed by atoms with van der Waals surface area (Å²) in [5.74, 6) is -1.68. The zero-order valence-electron chi connectivity index (χ0n) is 17.3. The van der Waals surface area contributed by atoms with Crippen molar-refractivity contribution in [2.45, 2.75) is 30.9 Å². The van der Waals surface area contributed by atoms with Crippen molar-refractivity contribution in [2.75, 3.05) is 39.5 Å². The largest absolute Gasteiger partial charge is 0.465 e. The molecule has 1 saturated heterocycles. The Bertz CT molecular complexity index is 825. The molecule has 8 heteroatoms. The van der Waals surface area contributed by atoms with Crippen molar-refractivity contribution in [3.8, 4) is 6.07 Å². The van der Waals surface area contributed by atoms with E-state index in [1.165, 1.54) is 0 Å². The second-order valence-corrected chi connectivity index (χ2v) is 8.26. The number of carbonyl (C=O) groups is 2. The van der Waals surface area contributed by atoms with Crippen molar-refractivity contribution in [1.82, 2.24) is 4.90 Å². The molecule has 1 aromatic rings. The van der Waals surface area contributed by atoms with Gasteiger partial charge in [-0.15, -0.1) is 0 Å². The van der Waals surface area contributed by atoms with Crippen LogP contribution in [-0.2, 0) is 23.8 Å². The van der Waals surface area contributed by atoms with Gasteiger partial charge in [-0.1, -0.05) is 42.1 Å². The summed E-state index contributed by atoms with van der Waals surface area (Å²) in [6.45, 7) is 5.91. The second kappa shape index (κ2) is 10.0. The van der Waals surface area contributed by atoms with Crippen LogP contribution in [0.15, 0.2) is 40.9 Å². The van der Waals surface area contributed by atoms with E-state index in [0.717, 1.165) is 17.3 Å². The average molecular weight is 431 g/mol. The molecule has 2 aliphatic rings. The highest BCUT2D eigenvalue weighted by molar-refractivity contribution is 8.05. The Morgan fingerprint density at radius 1 is 1.17 bits per heavy atom. The smallest absolute Gasteiger partial charge is 0.334 e. The van der Waals surface area contributed by atoms with Gasteiger partial charge in [0.2, 0.25) is 4.75 Å². The Morgan fingerprint density at radius 2 is 1.77 bits per heavy atom. The first-order valence-corrected chi connectivity index (χ1v) is 10.9. The summed E-state index contributed by atoms with van der Waals surface area (Å²) >= 11 is 1.09. The van der Waals surface area contributed by atoms with Gasteiger partial charge >= 0.3 is 11.9 Å². The molecule has 0 N–H and O–H groups in total. The summed E-state index contributed by atoms with van der Waals surface area (Å²) in [6.07, 6.45) is 0.107. The van der Waals surface area contributed by atoms with Gasteiger partial charge in [0.15, 0.2) is 0 Å². The molecule has 0 aromatic heterocycles. The number of nitrogens with zero attached hydrogens (tertiary/aromatic N) is 2. The summed E-state index contributed by atoms with van der Waals surface area (Å²) in [5.41, 5.74) is 1.43. The number of rotatable bonds is 6. The molecular weight excluding hydrogens is 404 g/mol. The molecule has 3 rings (SSSR count). The zero-order chi connectivity index (χ0) is 21.6. The van der Waals surface area contributed by atoms with Gasteiger partial charge in [0, 0.05) is 19.0 Å². The predicted molar refractivity (Wildman–Crippen MR) is 112 cm³/mol. The number of allylic oxidation sites excluding steroid dienone is 1. The first-order chi connectivity index (χ1) is 14.6. The number of thioether (sulfide) groups is 1. The number of carbonyl (C=O) groups excluding carboxylic acids is 2. The molecule has 0 bridgehead atoms. The standard InChI is InChI=1S/C22H26N2O5S/c1-3-28-20(25)22(21(26)29-4-2)14-17(16-8-6-5-7-9-16)18(15-23)19(30-22)24-10-12-27-13-11-24/h5-9,17H,3-4,10-14H2,1-2H3. The Morgan fingerprint density at radius 3 is 2.30 bits per heavy atom. The number of hydrogen-bond acceptors (Lipinski definition) is 8. The molecular formula is C22H26N2O5S. The highest BCUT2D eigenvalue weighted by Crippen LogP contribution is 2.52. The highest BCUT2D eigenvalue weighted by atomic mass is 32.2. The van der Waals surface area contributed by atoms with Crippen molar-refractivity contribution in [3.63, 3.8) is 0 Å². The molecule has 1 atom stereocenters. The van der Waals surface area contributed by atoms with Crippen LogP contribution >= 0.6 is 11.8 Å². The van der Waals surface area contributed by atoms with E-state index in [-0.39, 0.29) is 19.6 Å². The van der Waals surface area contributed by atoms with Crippen LogP contribution in [0, 0.1) is 11.3 Å². The molecule has 1 fully saturated rings. The van der Waals surface area contributed by atoms with E-state index in [1.54, 1.807) is 13.8 Å².